The van der Waals surface area contributed by atoms with Crippen molar-refractivity contribution in [1.82, 2.24) is 14.9 Å². The summed E-state index contributed by atoms with van der Waals surface area (Å²) >= 11 is 0. The average molecular weight is 409 g/mol. The number of ether oxygens (including phenoxy) is 2. The fourth-order valence-electron chi connectivity index (χ4n) is 2.98. The van der Waals surface area contributed by atoms with Crippen LogP contribution in [0.1, 0.15) is 23.9 Å². The third kappa shape index (κ3) is 5.05. The van der Waals surface area contributed by atoms with Crippen molar-refractivity contribution in [3.8, 4) is 17.2 Å². The lowest BCUT2D eigenvalue weighted by molar-refractivity contribution is -0.123. The van der Waals surface area contributed by atoms with Crippen LogP contribution >= 0.6 is 0 Å². The normalized spacial score (nSPS) is 10.9. The van der Waals surface area contributed by atoms with Gasteiger partial charge in [-0.3, -0.25) is 4.79 Å². The number of methoxy groups -OCH3 is 1. The smallest absolute Gasteiger partial charge is 0.258 e. The summed E-state index contributed by atoms with van der Waals surface area (Å²) in [6, 6.07) is 10.3. The zero-order valence-corrected chi connectivity index (χ0v) is 17.2. The van der Waals surface area contributed by atoms with E-state index in [-0.39, 0.29) is 24.9 Å². The monoisotopic (exact) mass is 409 g/mol. The summed E-state index contributed by atoms with van der Waals surface area (Å²) < 4.78 is 27.0. The Morgan fingerprint density at radius 1 is 1.23 bits per heavy atom. The Hall–Kier alpha value is -3.61. The lowest BCUT2D eigenvalue weighted by atomic mass is 10.2. The Kier molecular flexibility index (Phi) is 6.85. The van der Waals surface area contributed by atoms with Gasteiger partial charge in [-0.15, -0.1) is 0 Å². The highest BCUT2D eigenvalue weighted by molar-refractivity contribution is 5.77. The Morgan fingerprint density at radius 3 is 2.73 bits per heavy atom. The number of rotatable bonds is 8. The van der Waals surface area contributed by atoms with Gasteiger partial charge in [-0.05, 0) is 49.2 Å². The van der Waals surface area contributed by atoms with Gasteiger partial charge in [0.2, 0.25) is 0 Å². The minimum atomic E-state index is -0.384. The fourth-order valence-corrected chi connectivity index (χ4v) is 2.98. The second-order valence-electron chi connectivity index (χ2n) is 6.61. The van der Waals surface area contributed by atoms with Gasteiger partial charge in [0, 0.05) is 18.9 Å². The maximum Gasteiger partial charge on any atom is 0.258 e. The molecular weight excluding hydrogens is 385 g/mol. The molecule has 0 radical (unpaired) electrons. The first-order chi connectivity index (χ1) is 14.5. The number of aromatic nitrogens is 2. The largest absolute Gasteiger partial charge is 0.493 e. The van der Waals surface area contributed by atoms with Crippen LogP contribution in [0.5, 0.6) is 11.5 Å². The summed E-state index contributed by atoms with van der Waals surface area (Å²) in [7, 11) is 1.55. The number of hydrogen-bond donors (Lipinski definition) is 1. The van der Waals surface area contributed by atoms with Gasteiger partial charge < -0.3 is 19.4 Å². The highest BCUT2D eigenvalue weighted by Crippen LogP contribution is 2.28. The van der Waals surface area contributed by atoms with Crippen LogP contribution in [0, 0.1) is 12.7 Å². The van der Waals surface area contributed by atoms with Crippen LogP contribution in [0.15, 0.2) is 54.9 Å². The molecule has 0 saturated carbocycles. The number of carbonyl (C=O) groups is 1. The molecule has 0 saturated heterocycles. The number of aryl methyl sites for hydroxylation is 1. The molecule has 3 rings (SSSR count). The van der Waals surface area contributed by atoms with Crippen molar-refractivity contribution < 1.29 is 18.7 Å². The van der Waals surface area contributed by atoms with Gasteiger partial charge in [0.25, 0.3) is 5.91 Å². The van der Waals surface area contributed by atoms with Crippen LogP contribution < -0.4 is 14.8 Å². The first-order valence-corrected chi connectivity index (χ1v) is 9.50. The second-order valence-corrected chi connectivity index (χ2v) is 6.61. The van der Waals surface area contributed by atoms with Gasteiger partial charge in [0.15, 0.2) is 18.1 Å². The number of halogens is 1. The van der Waals surface area contributed by atoms with Crippen molar-refractivity contribution >= 4 is 12.0 Å². The number of imidazole rings is 1. The summed E-state index contributed by atoms with van der Waals surface area (Å²) in [5, 5.41) is 2.73. The lowest BCUT2D eigenvalue weighted by Crippen LogP contribution is -2.28. The van der Waals surface area contributed by atoms with Gasteiger partial charge in [-0.1, -0.05) is 24.3 Å². The predicted octanol–water partition coefficient (Wildman–Crippen LogP) is 4.06. The summed E-state index contributed by atoms with van der Waals surface area (Å²) in [4.78, 5) is 16.2. The van der Waals surface area contributed by atoms with Crippen molar-refractivity contribution in [2.45, 2.75) is 20.4 Å². The Bertz CT molecular complexity index is 1060. The molecule has 0 unspecified atom stereocenters. The van der Waals surface area contributed by atoms with E-state index in [1.54, 1.807) is 49.2 Å². The second kappa shape index (κ2) is 9.73. The maximum absolute atomic E-state index is 14.5. The fraction of sp³-hybridized carbons (Fsp3) is 0.217. The van der Waals surface area contributed by atoms with E-state index in [0.29, 0.717) is 28.6 Å². The molecule has 0 atom stereocenters. The first kappa shape index (κ1) is 21.1. The van der Waals surface area contributed by atoms with E-state index in [4.69, 9.17) is 9.47 Å². The van der Waals surface area contributed by atoms with Crippen LogP contribution in [0.4, 0.5) is 4.39 Å². The van der Waals surface area contributed by atoms with Gasteiger partial charge in [-0.25, -0.2) is 9.37 Å². The van der Waals surface area contributed by atoms with Crippen LogP contribution in [-0.2, 0) is 11.3 Å². The minimum Gasteiger partial charge on any atom is -0.493 e. The summed E-state index contributed by atoms with van der Waals surface area (Å²) in [6.45, 7) is 3.75. The molecule has 6 nitrogen and oxygen atoms in total. The third-order valence-electron chi connectivity index (χ3n) is 4.49. The predicted molar refractivity (Wildman–Crippen MR) is 113 cm³/mol. The van der Waals surface area contributed by atoms with E-state index < -0.39 is 0 Å². The third-order valence-corrected chi connectivity index (χ3v) is 4.49. The van der Waals surface area contributed by atoms with E-state index >= 15 is 0 Å². The number of nitrogens with one attached hydrogen (secondary N) is 1. The Labute approximate surface area is 175 Å². The average Bonchev–Trinajstić information content (AvgIpc) is 3.17. The molecule has 30 heavy (non-hydrogen) atoms. The highest BCUT2D eigenvalue weighted by Gasteiger charge is 2.10. The summed E-state index contributed by atoms with van der Waals surface area (Å²) in [5.74, 6) is 1.02. The van der Waals surface area contributed by atoms with E-state index in [1.807, 2.05) is 31.2 Å². The highest BCUT2D eigenvalue weighted by atomic mass is 19.1. The van der Waals surface area contributed by atoms with Crippen molar-refractivity contribution in [2.75, 3.05) is 13.7 Å². The van der Waals surface area contributed by atoms with Crippen molar-refractivity contribution in [1.29, 1.82) is 0 Å². The van der Waals surface area contributed by atoms with Crippen molar-refractivity contribution in [2.24, 2.45) is 0 Å². The van der Waals surface area contributed by atoms with E-state index in [0.717, 1.165) is 5.56 Å². The molecule has 2 aromatic carbocycles. The van der Waals surface area contributed by atoms with Gasteiger partial charge in [0.05, 0.1) is 12.8 Å². The topological polar surface area (TPSA) is 65.4 Å². The molecule has 7 heteroatoms. The first-order valence-electron chi connectivity index (χ1n) is 9.50. The summed E-state index contributed by atoms with van der Waals surface area (Å²) in [5.41, 5.74) is 2.04. The van der Waals surface area contributed by atoms with Crippen LogP contribution in [0.3, 0.4) is 0 Å². The lowest BCUT2D eigenvalue weighted by Gasteiger charge is -2.12. The minimum absolute atomic E-state index is 0.172. The molecule has 156 valence electrons. The molecule has 1 N–H and O–H groups in total. The van der Waals surface area contributed by atoms with Crippen LogP contribution in [-0.4, -0.2) is 29.2 Å². The van der Waals surface area contributed by atoms with Crippen molar-refractivity contribution in [3.63, 3.8) is 0 Å². The molecule has 0 spiro atoms. The van der Waals surface area contributed by atoms with Crippen molar-refractivity contribution in [3.05, 3.63) is 77.6 Å². The number of amides is 1. The standard InChI is InChI=1S/C23H24FN3O3/c1-4-5-17-7-9-21(22(13-17)29-3)30-15-23(28)26-14-18-6-8-20(19(24)12-18)27-11-10-25-16(27)2/h4-13H,14-15H2,1-3H3,(H,26,28)/b5-4+. The molecule has 3 aromatic rings. The molecule has 0 aliphatic carbocycles. The van der Waals surface area contributed by atoms with Crippen LogP contribution in [0.2, 0.25) is 0 Å². The molecule has 0 aliphatic rings. The van der Waals surface area contributed by atoms with Crippen LogP contribution in [0.25, 0.3) is 11.8 Å². The maximum atomic E-state index is 14.5. The van der Waals surface area contributed by atoms with Gasteiger partial charge in [-0.2, -0.15) is 0 Å². The van der Waals surface area contributed by atoms with Gasteiger partial charge in [0.1, 0.15) is 11.6 Å². The molecule has 1 heterocycles. The number of allylic oxidation sites excluding steroid dienone is 1. The number of hydrogen-bond acceptors (Lipinski definition) is 4. The van der Waals surface area contributed by atoms with E-state index in [9.17, 15) is 9.18 Å². The van der Waals surface area contributed by atoms with E-state index in [2.05, 4.69) is 10.3 Å². The number of nitrogens with zero attached hydrogens (tertiary/aromatic N) is 2. The zero-order valence-electron chi connectivity index (χ0n) is 17.2. The SMILES string of the molecule is C/C=C/c1ccc(OCC(=O)NCc2ccc(-n3ccnc3C)c(F)c2)c(OC)c1. The number of carbonyl (C=O) groups excluding carboxylic acids is 1. The zero-order chi connectivity index (χ0) is 21.5. The molecule has 0 aliphatic heterocycles. The molecule has 0 bridgehead atoms. The Balaban J connectivity index is 1.56. The summed E-state index contributed by atoms with van der Waals surface area (Å²) in [6.07, 6.45) is 7.18. The quantitative estimate of drug-likeness (QED) is 0.609. The molecule has 0 fully saturated rings. The number of benzene rings is 2. The molecule has 1 aromatic heterocycles. The Morgan fingerprint density at radius 2 is 2.07 bits per heavy atom. The van der Waals surface area contributed by atoms with E-state index in [1.165, 1.54) is 6.07 Å². The van der Waals surface area contributed by atoms with Gasteiger partial charge >= 0.3 is 0 Å². The molecule has 1 amide bonds. The molecular formula is C23H24FN3O3.